The third-order valence-corrected chi connectivity index (χ3v) is 3.41. The lowest BCUT2D eigenvalue weighted by Crippen LogP contribution is -2.32. The van der Waals surface area contributed by atoms with Crippen molar-refractivity contribution in [1.82, 2.24) is 5.32 Å². The van der Waals surface area contributed by atoms with Gasteiger partial charge in [0.25, 0.3) is 0 Å². The monoisotopic (exact) mass is 251 g/mol. The number of halogens is 2. The van der Waals surface area contributed by atoms with Gasteiger partial charge in [0.1, 0.15) is 11.6 Å². The first-order chi connectivity index (χ1) is 8.70. The summed E-state index contributed by atoms with van der Waals surface area (Å²) >= 11 is 0. The largest absolute Gasteiger partial charge is 0.310 e. The van der Waals surface area contributed by atoms with E-state index in [0.29, 0.717) is 12.0 Å². The second kappa shape index (κ2) is 6.10. The van der Waals surface area contributed by atoms with Crippen LogP contribution in [0.25, 0.3) is 0 Å². The van der Waals surface area contributed by atoms with Crippen LogP contribution in [0.1, 0.15) is 31.7 Å². The van der Waals surface area contributed by atoms with Crippen molar-refractivity contribution in [1.29, 1.82) is 0 Å². The van der Waals surface area contributed by atoms with Crippen LogP contribution in [0.2, 0.25) is 0 Å². The van der Waals surface area contributed by atoms with E-state index < -0.39 is 11.6 Å². The summed E-state index contributed by atoms with van der Waals surface area (Å²) in [5.74, 6) is -0.965. The first-order valence-electron chi connectivity index (χ1n) is 6.57. The Balaban J connectivity index is 2.12. The van der Waals surface area contributed by atoms with Crippen LogP contribution < -0.4 is 5.32 Å². The minimum absolute atomic E-state index is 0.178. The van der Waals surface area contributed by atoms with Gasteiger partial charge in [-0.15, -0.1) is 0 Å². The fourth-order valence-corrected chi connectivity index (χ4v) is 2.50. The van der Waals surface area contributed by atoms with Gasteiger partial charge in [0.05, 0.1) is 0 Å². The predicted molar refractivity (Wildman–Crippen MR) is 69.5 cm³/mol. The zero-order chi connectivity index (χ0) is 13.0. The number of hydrogen-bond acceptors (Lipinski definition) is 1. The fourth-order valence-electron chi connectivity index (χ4n) is 2.50. The molecule has 0 aromatic heterocycles. The van der Waals surface area contributed by atoms with Crippen LogP contribution >= 0.6 is 0 Å². The molecule has 1 unspecified atom stereocenters. The first kappa shape index (κ1) is 13.2. The standard InChI is InChI=1S/C15H19F2N/c1-2-18-15(11-5-3-4-6-11)9-12-7-8-13(16)10-14(12)17/h5,7-8,10,15,18H,2-4,6,9H2,1H3. The minimum Gasteiger partial charge on any atom is -0.310 e. The number of rotatable bonds is 5. The summed E-state index contributed by atoms with van der Waals surface area (Å²) in [5, 5.41) is 3.39. The number of allylic oxidation sites excluding steroid dienone is 1. The van der Waals surface area contributed by atoms with Crippen molar-refractivity contribution in [2.45, 2.75) is 38.6 Å². The summed E-state index contributed by atoms with van der Waals surface area (Å²) in [4.78, 5) is 0. The maximum atomic E-state index is 13.7. The first-order valence-corrected chi connectivity index (χ1v) is 6.57. The zero-order valence-electron chi connectivity index (χ0n) is 10.7. The molecule has 98 valence electrons. The summed E-state index contributed by atoms with van der Waals surface area (Å²) in [6.07, 6.45) is 6.22. The van der Waals surface area contributed by atoms with Crippen LogP contribution in [-0.2, 0) is 6.42 Å². The molecule has 0 amide bonds. The molecule has 0 radical (unpaired) electrons. The third kappa shape index (κ3) is 3.16. The predicted octanol–water partition coefficient (Wildman–Crippen LogP) is 3.60. The highest BCUT2D eigenvalue weighted by Crippen LogP contribution is 2.24. The zero-order valence-corrected chi connectivity index (χ0v) is 10.7. The fraction of sp³-hybridized carbons (Fsp3) is 0.467. The van der Waals surface area contributed by atoms with Crippen molar-refractivity contribution in [2.24, 2.45) is 0 Å². The van der Waals surface area contributed by atoms with Crippen LogP contribution in [0, 0.1) is 11.6 Å². The summed E-state index contributed by atoms with van der Waals surface area (Å²) < 4.78 is 26.5. The van der Waals surface area contributed by atoms with Gasteiger partial charge in [-0.25, -0.2) is 8.78 Å². The lowest BCUT2D eigenvalue weighted by atomic mass is 9.98. The average Bonchev–Trinajstić information content (AvgIpc) is 2.85. The Kier molecular flexibility index (Phi) is 4.48. The summed E-state index contributed by atoms with van der Waals surface area (Å²) in [7, 11) is 0. The highest BCUT2D eigenvalue weighted by molar-refractivity contribution is 5.24. The molecule has 3 heteroatoms. The van der Waals surface area contributed by atoms with Gasteiger partial charge in [-0.2, -0.15) is 0 Å². The Labute approximate surface area is 107 Å². The number of hydrogen-bond donors (Lipinski definition) is 1. The molecule has 1 aromatic rings. The smallest absolute Gasteiger partial charge is 0.129 e. The molecule has 0 saturated carbocycles. The topological polar surface area (TPSA) is 12.0 Å². The molecule has 0 saturated heterocycles. The molecule has 1 aliphatic carbocycles. The van der Waals surface area contributed by atoms with Crippen molar-refractivity contribution in [3.05, 3.63) is 47.0 Å². The second-order valence-electron chi connectivity index (χ2n) is 4.72. The van der Waals surface area contributed by atoms with Crippen molar-refractivity contribution < 1.29 is 8.78 Å². The van der Waals surface area contributed by atoms with Gasteiger partial charge in [0.2, 0.25) is 0 Å². The number of nitrogens with one attached hydrogen (secondary N) is 1. The Bertz CT molecular complexity index is 440. The molecule has 1 N–H and O–H groups in total. The van der Waals surface area contributed by atoms with Crippen LogP contribution in [0.5, 0.6) is 0 Å². The van der Waals surface area contributed by atoms with Gasteiger partial charge < -0.3 is 5.32 Å². The van der Waals surface area contributed by atoms with E-state index in [1.807, 2.05) is 6.92 Å². The molecule has 0 aliphatic heterocycles. The number of likely N-dealkylation sites (N-methyl/N-ethyl adjacent to an activating group) is 1. The van der Waals surface area contributed by atoms with Crippen molar-refractivity contribution in [3.8, 4) is 0 Å². The van der Waals surface area contributed by atoms with Crippen LogP contribution in [0.15, 0.2) is 29.8 Å². The molecular weight excluding hydrogens is 232 g/mol. The van der Waals surface area contributed by atoms with Crippen LogP contribution in [0.4, 0.5) is 8.78 Å². The average molecular weight is 251 g/mol. The Hall–Kier alpha value is -1.22. The van der Waals surface area contributed by atoms with E-state index in [9.17, 15) is 8.78 Å². The molecule has 1 nitrogen and oxygen atoms in total. The lowest BCUT2D eigenvalue weighted by molar-refractivity contribution is 0.537. The van der Waals surface area contributed by atoms with Crippen molar-refractivity contribution >= 4 is 0 Å². The molecule has 0 bridgehead atoms. The van der Waals surface area contributed by atoms with Gasteiger partial charge >= 0.3 is 0 Å². The highest BCUT2D eigenvalue weighted by atomic mass is 19.1. The molecule has 1 aromatic carbocycles. The van der Waals surface area contributed by atoms with Crippen molar-refractivity contribution in [3.63, 3.8) is 0 Å². The quantitative estimate of drug-likeness (QED) is 0.788. The molecule has 2 rings (SSSR count). The minimum atomic E-state index is -0.517. The molecule has 18 heavy (non-hydrogen) atoms. The molecule has 1 aliphatic rings. The van der Waals surface area contributed by atoms with Gasteiger partial charge in [0, 0.05) is 12.1 Å². The van der Waals surface area contributed by atoms with Crippen molar-refractivity contribution in [2.75, 3.05) is 6.54 Å². The lowest BCUT2D eigenvalue weighted by Gasteiger charge is -2.20. The number of benzene rings is 1. The van der Waals surface area contributed by atoms with E-state index in [1.54, 1.807) is 6.07 Å². The van der Waals surface area contributed by atoms with Crippen LogP contribution in [0.3, 0.4) is 0 Å². The maximum Gasteiger partial charge on any atom is 0.129 e. The van der Waals surface area contributed by atoms with Gasteiger partial charge in [0.15, 0.2) is 0 Å². The third-order valence-electron chi connectivity index (χ3n) is 3.41. The Morgan fingerprint density at radius 2 is 2.17 bits per heavy atom. The summed E-state index contributed by atoms with van der Waals surface area (Å²) in [6, 6.07) is 4.01. The highest BCUT2D eigenvalue weighted by Gasteiger charge is 2.18. The Morgan fingerprint density at radius 3 is 2.78 bits per heavy atom. The SMILES string of the molecule is CCNC(Cc1ccc(F)cc1F)C1=CCCC1. The van der Waals surface area contributed by atoms with E-state index in [1.165, 1.54) is 18.1 Å². The molecule has 0 heterocycles. The van der Waals surface area contributed by atoms with E-state index in [2.05, 4.69) is 11.4 Å². The maximum absolute atomic E-state index is 13.7. The van der Waals surface area contributed by atoms with Crippen LogP contribution in [-0.4, -0.2) is 12.6 Å². The second-order valence-corrected chi connectivity index (χ2v) is 4.72. The molecule has 0 spiro atoms. The van der Waals surface area contributed by atoms with Gasteiger partial charge in [-0.3, -0.25) is 0 Å². The summed E-state index contributed by atoms with van der Waals surface area (Å²) in [5.41, 5.74) is 1.94. The van der Waals surface area contributed by atoms with E-state index >= 15 is 0 Å². The Morgan fingerprint density at radius 1 is 1.33 bits per heavy atom. The summed E-state index contributed by atoms with van der Waals surface area (Å²) in [6.45, 7) is 2.90. The molecule has 1 atom stereocenters. The normalized spacial score (nSPS) is 16.7. The van der Waals surface area contributed by atoms with E-state index in [0.717, 1.165) is 25.5 Å². The van der Waals surface area contributed by atoms with E-state index in [-0.39, 0.29) is 6.04 Å². The molecular formula is C15H19F2N. The van der Waals surface area contributed by atoms with Gasteiger partial charge in [-0.05, 0) is 43.9 Å². The molecule has 0 fully saturated rings. The van der Waals surface area contributed by atoms with Gasteiger partial charge in [-0.1, -0.05) is 24.6 Å². The van der Waals surface area contributed by atoms with E-state index in [4.69, 9.17) is 0 Å².